The lowest BCUT2D eigenvalue weighted by Gasteiger charge is -2.28. The maximum atomic E-state index is 13.3. The van der Waals surface area contributed by atoms with Crippen LogP contribution in [0.15, 0.2) is 0 Å². The number of hydrogen-bond acceptors (Lipinski definition) is 4. The fourth-order valence-electron chi connectivity index (χ4n) is 6.82. The number of carbonyl (C=O) groups excluding carboxylic acids is 2. The Morgan fingerprint density at radius 1 is 0.383 bits per heavy atom. The predicted octanol–water partition coefficient (Wildman–Crippen LogP) is 12.3. The van der Waals surface area contributed by atoms with Crippen molar-refractivity contribution in [1.29, 1.82) is 0 Å². The monoisotopic (exact) mass is 665 g/mol. The second-order valence-electron chi connectivity index (χ2n) is 15.4. The molecule has 0 saturated heterocycles. The quantitative estimate of drug-likeness (QED) is 0.0509. The number of ketones is 2. The van der Waals surface area contributed by atoms with E-state index in [1.165, 1.54) is 116 Å². The molecule has 0 fully saturated rings. The van der Waals surface area contributed by atoms with Crippen LogP contribution in [0, 0.1) is 17.3 Å². The van der Waals surface area contributed by atoms with Gasteiger partial charge in [-0.25, -0.2) is 0 Å². The molecule has 6 nitrogen and oxygen atoms in total. The lowest BCUT2D eigenvalue weighted by Crippen LogP contribution is -2.43. The summed E-state index contributed by atoms with van der Waals surface area (Å²) in [5, 5.41) is 19.1. The zero-order chi connectivity index (χ0) is 35.2. The summed E-state index contributed by atoms with van der Waals surface area (Å²) in [5.41, 5.74) is -1.94. The van der Waals surface area contributed by atoms with E-state index in [4.69, 9.17) is 0 Å². The highest BCUT2D eigenvalue weighted by Crippen LogP contribution is 2.34. The van der Waals surface area contributed by atoms with Crippen molar-refractivity contribution in [3.8, 4) is 0 Å². The van der Waals surface area contributed by atoms with E-state index in [9.17, 15) is 29.4 Å². The van der Waals surface area contributed by atoms with Gasteiger partial charge < -0.3 is 10.2 Å². The average molecular weight is 665 g/mol. The SMILES string of the molecule is CC(C)CCCCCCCCCCCCCCC(=O)C(CC(=O)O)(CC(=O)O)C(=O)CCCCCCCCCCCCCCC(C)C. The largest absolute Gasteiger partial charge is 0.481 e. The van der Waals surface area contributed by atoms with Crippen LogP contribution in [0.1, 0.15) is 220 Å². The first-order chi connectivity index (χ1) is 22.5. The van der Waals surface area contributed by atoms with Crippen molar-refractivity contribution >= 4 is 23.5 Å². The molecule has 0 aliphatic heterocycles. The second kappa shape index (κ2) is 30.3. The highest BCUT2D eigenvalue weighted by molar-refractivity contribution is 6.11. The summed E-state index contributed by atoms with van der Waals surface area (Å²) in [6, 6.07) is 0. The zero-order valence-electron chi connectivity index (χ0n) is 31.4. The molecule has 0 aromatic carbocycles. The van der Waals surface area contributed by atoms with E-state index in [0.29, 0.717) is 12.8 Å². The maximum absolute atomic E-state index is 13.3. The molecule has 47 heavy (non-hydrogen) atoms. The summed E-state index contributed by atoms with van der Waals surface area (Å²) in [6.45, 7) is 9.14. The fourth-order valence-corrected chi connectivity index (χ4v) is 6.82. The van der Waals surface area contributed by atoms with Crippen molar-refractivity contribution in [3.63, 3.8) is 0 Å². The molecule has 0 rings (SSSR count). The van der Waals surface area contributed by atoms with Gasteiger partial charge in [0.1, 0.15) is 17.0 Å². The standard InChI is InChI=1S/C41H76O6/c1-35(2)29-25-21-17-13-9-5-7-11-15-19-23-27-31-37(42)41(33-39(44)45,34-40(46)47)38(43)32-28-24-20-16-12-8-6-10-14-18-22-26-30-36(3)4/h35-36H,5-34H2,1-4H3,(H,44,45)(H,46,47). The molecular formula is C41H76O6. The molecule has 2 N–H and O–H groups in total. The van der Waals surface area contributed by atoms with E-state index in [2.05, 4.69) is 27.7 Å². The highest BCUT2D eigenvalue weighted by Gasteiger charge is 2.47. The Kier molecular flexibility index (Phi) is 29.2. The van der Waals surface area contributed by atoms with E-state index < -0.39 is 41.8 Å². The smallest absolute Gasteiger partial charge is 0.304 e. The van der Waals surface area contributed by atoms with E-state index in [-0.39, 0.29) is 12.8 Å². The van der Waals surface area contributed by atoms with Gasteiger partial charge >= 0.3 is 11.9 Å². The lowest BCUT2D eigenvalue weighted by atomic mass is 9.70. The zero-order valence-corrected chi connectivity index (χ0v) is 31.4. The van der Waals surface area contributed by atoms with Gasteiger partial charge in [-0.15, -0.1) is 0 Å². The van der Waals surface area contributed by atoms with Gasteiger partial charge in [0.05, 0.1) is 12.8 Å². The number of hydrogen-bond donors (Lipinski definition) is 2. The molecule has 0 saturated carbocycles. The van der Waals surface area contributed by atoms with Gasteiger partial charge in [0.15, 0.2) is 0 Å². The number of aliphatic carboxylic acids is 2. The van der Waals surface area contributed by atoms with Gasteiger partial charge in [-0.1, -0.05) is 182 Å². The van der Waals surface area contributed by atoms with Crippen molar-refractivity contribution in [2.75, 3.05) is 0 Å². The van der Waals surface area contributed by atoms with Gasteiger partial charge in [-0.3, -0.25) is 19.2 Å². The molecular weight excluding hydrogens is 588 g/mol. The molecule has 0 spiro atoms. The van der Waals surface area contributed by atoms with Crippen molar-refractivity contribution in [3.05, 3.63) is 0 Å². The van der Waals surface area contributed by atoms with E-state index in [1.54, 1.807) is 0 Å². The molecule has 0 amide bonds. The van der Waals surface area contributed by atoms with Crippen molar-refractivity contribution in [2.45, 2.75) is 220 Å². The van der Waals surface area contributed by atoms with Gasteiger partial charge in [0, 0.05) is 12.8 Å². The van der Waals surface area contributed by atoms with Crippen LogP contribution in [0.2, 0.25) is 0 Å². The highest BCUT2D eigenvalue weighted by atomic mass is 16.4. The average Bonchev–Trinajstić information content (AvgIpc) is 2.99. The van der Waals surface area contributed by atoms with E-state index in [1.807, 2.05) is 0 Å². The molecule has 6 heteroatoms. The molecule has 0 bridgehead atoms. The molecule has 0 atom stereocenters. The predicted molar refractivity (Wildman–Crippen MR) is 196 cm³/mol. The first-order valence-electron chi connectivity index (χ1n) is 20.0. The Morgan fingerprint density at radius 3 is 0.809 bits per heavy atom. The fraction of sp³-hybridized carbons (Fsp3) is 0.902. The Morgan fingerprint density at radius 2 is 0.596 bits per heavy atom. The van der Waals surface area contributed by atoms with Crippen molar-refractivity contribution < 1.29 is 29.4 Å². The number of carboxylic acids is 2. The van der Waals surface area contributed by atoms with Gasteiger partial charge in [0.25, 0.3) is 0 Å². The molecule has 276 valence electrons. The van der Waals surface area contributed by atoms with Crippen molar-refractivity contribution in [1.82, 2.24) is 0 Å². The molecule has 0 aromatic rings. The Labute approximate surface area is 290 Å². The topological polar surface area (TPSA) is 109 Å². The van der Waals surface area contributed by atoms with Gasteiger partial charge in [-0.2, -0.15) is 0 Å². The first-order valence-corrected chi connectivity index (χ1v) is 20.0. The van der Waals surface area contributed by atoms with E-state index in [0.717, 1.165) is 50.4 Å². The minimum Gasteiger partial charge on any atom is -0.481 e. The third-order valence-corrected chi connectivity index (χ3v) is 9.84. The number of carboxylic acid groups (broad SMARTS) is 2. The van der Waals surface area contributed by atoms with Crippen LogP contribution in [-0.2, 0) is 19.2 Å². The summed E-state index contributed by atoms with van der Waals surface area (Å²) in [6.07, 6.45) is 29.1. The lowest BCUT2D eigenvalue weighted by molar-refractivity contribution is -0.156. The summed E-state index contributed by atoms with van der Waals surface area (Å²) in [5.74, 6) is -1.97. The number of unbranched alkanes of at least 4 members (excludes halogenated alkanes) is 22. The third-order valence-electron chi connectivity index (χ3n) is 9.84. The van der Waals surface area contributed by atoms with Crippen LogP contribution in [0.5, 0.6) is 0 Å². The summed E-state index contributed by atoms with van der Waals surface area (Å²) < 4.78 is 0. The minimum absolute atomic E-state index is 0.0705. The number of Topliss-reactive ketones (excluding diaryl/α,β-unsaturated/α-hetero) is 2. The molecule has 0 aliphatic rings. The second-order valence-corrected chi connectivity index (χ2v) is 15.4. The molecule has 0 unspecified atom stereocenters. The first kappa shape index (κ1) is 45.3. The van der Waals surface area contributed by atoms with Crippen LogP contribution >= 0.6 is 0 Å². The van der Waals surface area contributed by atoms with Crippen LogP contribution in [0.4, 0.5) is 0 Å². The van der Waals surface area contributed by atoms with Gasteiger partial charge in [0.2, 0.25) is 0 Å². The van der Waals surface area contributed by atoms with Crippen molar-refractivity contribution in [2.24, 2.45) is 17.3 Å². The summed E-state index contributed by atoms with van der Waals surface area (Å²) in [7, 11) is 0. The molecule has 0 radical (unpaired) electrons. The maximum Gasteiger partial charge on any atom is 0.304 e. The van der Waals surface area contributed by atoms with Crippen LogP contribution < -0.4 is 0 Å². The Bertz CT molecular complexity index is 736. The van der Waals surface area contributed by atoms with Crippen LogP contribution in [0.3, 0.4) is 0 Å². The minimum atomic E-state index is -1.94. The van der Waals surface area contributed by atoms with Crippen LogP contribution in [0.25, 0.3) is 0 Å². The van der Waals surface area contributed by atoms with Crippen LogP contribution in [-0.4, -0.2) is 33.7 Å². The molecule has 0 heterocycles. The number of carbonyl (C=O) groups is 4. The van der Waals surface area contributed by atoms with Gasteiger partial charge in [-0.05, 0) is 24.7 Å². The Hall–Kier alpha value is -1.72. The third kappa shape index (κ3) is 26.9. The molecule has 0 aliphatic carbocycles. The normalized spacial score (nSPS) is 11.9. The number of rotatable bonds is 36. The Balaban J connectivity index is 4.30. The summed E-state index contributed by atoms with van der Waals surface area (Å²) >= 11 is 0. The summed E-state index contributed by atoms with van der Waals surface area (Å²) in [4.78, 5) is 50.1. The molecule has 0 aromatic heterocycles. The van der Waals surface area contributed by atoms with E-state index >= 15 is 0 Å².